The second-order valence-electron chi connectivity index (χ2n) is 11.8. The van der Waals surface area contributed by atoms with Crippen LogP contribution in [0, 0.1) is 22.7 Å². The topological polar surface area (TPSA) is 142 Å². The van der Waals surface area contributed by atoms with Crippen LogP contribution in [0.5, 0.6) is 5.75 Å². The van der Waals surface area contributed by atoms with Gasteiger partial charge in [-0.25, -0.2) is 4.98 Å². The number of piperazine rings is 2. The molecule has 2 aliphatic heterocycles. The van der Waals surface area contributed by atoms with Gasteiger partial charge in [0.1, 0.15) is 17.9 Å². The number of aromatic nitrogens is 4. The van der Waals surface area contributed by atoms with E-state index >= 15 is 0 Å². The van der Waals surface area contributed by atoms with Crippen LogP contribution in [0.15, 0.2) is 42.6 Å². The molecule has 0 radical (unpaired) electrons. The van der Waals surface area contributed by atoms with Crippen molar-refractivity contribution in [3.8, 4) is 17.9 Å². The lowest BCUT2D eigenvalue weighted by Gasteiger charge is -2.46. The molecule has 14 heteroatoms. The molecule has 3 fully saturated rings. The second kappa shape index (κ2) is 12.0. The molecule has 2 aromatic heterocycles. The first-order chi connectivity index (χ1) is 22.4. The molecule has 1 saturated carbocycles. The largest absolute Gasteiger partial charge is 0.497 e. The SMILES string of the molecule is COc1ccc(CN(c2nc(Nc3cc(C#N)cc(N4CCN5CCN(C)C(=O)C5C4)c3Cl)nn3c(C#N)cnc23)C2CC2)cc1. The minimum atomic E-state index is -0.274. The Bertz CT molecular complexity index is 1890. The molecule has 2 saturated heterocycles. The predicted molar refractivity (Wildman–Crippen MR) is 172 cm³/mol. The number of hydrogen-bond donors (Lipinski definition) is 1. The van der Waals surface area contributed by atoms with E-state index in [-0.39, 0.29) is 29.6 Å². The lowest BCUT2D eigenvalue weighted by atomic mass is 10.1. The van der Waals surface area contributed by atoms with E-state index in [1.54, 1.807) is 24.1 Å². The molecule has 1 aliphatic carbocycles. The zero-order valence-corrected chi connectivity index (χ0v) is 26.3. The number of carbonyl (C=O) groups is 1. The van der Waals surface area contributed by atoms with Crippen molar-refractivity contribution >= 4 is 46.3 Å². The number of ether oxygens (including phenoxy) is 1. The lowest BCUT2D eigenvalue weighted by Crippen LogP contribution is -2.64. The third kappa shape index (κ3) is 5.49. The van der Waals surface area contributed by atoms with E-state index in [1.165, 1.54) is 10.7 Å². The Morgan fingerprint density at radius 2 is 1.89 bits per heavy atom. The maximum atomic E-state index is 13.0. The van der Waals surface area contributed by atoms with Crippen molar-refractivity contribution in [3.05, 3.63) is 64.4 Å². The van der Waals surface area contributed by atoms with Crippen LogP contribution in [-0.4, -0.2) is 94.3 Å². The Balaban J connectivity index is 1.25. The van der Waals surface area contributed by atoms with E-state index in [1.807, 2.05) is 31.3 Å². The molecule has 2 aromatic carbocycles. The summed E-state index contributed by atoms with van der Waals surface area (Å²) in [5, 5.41) is 28.0. The normalized spacial score (nSPS) is 18.2. The monoisotopic (exact) mass is 637 g/mol. The summed E-state index contributed by atoms with van der Waals surface area (Å²) in [6, 6.07) is 15.7. The highest BCUT2D eigenvalue weighted by Crippen LogP contribution is 2.39. The molecular weight excluding hydrogens is 606 g/mol. The highest BCUT2D eigenvalue weighted by Gasteiger charge is 2.38. The third-order valence-electron chi connectivity index (χ3n) is 8.88. The van der Waals surface area contributed by atoms with Gasteiger partial charge < -0.3 is 24.8 Å². The van der Waals surface area contributed by atoms with Gasteiger partial charge in [0.15, 0.2) is 17.2 Å². The quantitative estimate of drug-likeness (QED) is 0.304. The van der Waals surface area contributed by atoms with E-state index in [9.17, 15) is 15.3 Å². The zero-order valence-electron chi connectivity index (χ0n) is 25.5. The van der Waals surface area contributed by atoms with Gasteiger partial charge in [-0.2, -0.15) is 20.0 Å². The van der Waals surface area contributed by atoms with Crippen LogP contribution in [0.1, 0.15) is 29.7 Å². The minimum absolute atomic E-state index is 0.0829. The van der Waals surface area contributed by atoms with Crippen molar-refractivity contribution in [3.63, 3.8) is 0 Å². The molecule has 0 bridgehead atoms. The first-order valence-corrected chi connectivity index (χ1v) is 15.5. The third-order valence-corrected chi connectivity index (χ3v) is 9.27. The molecule has 4 heterocycles. The van der Waals surface area contributed by atoms with Gasteiger partial charge in [0.25, 0.3) is 0 Å². The first kappa shape index (κ1) is 29.6. The fourth-order valence-electron chi connectivity index (χ4n) is 6.18. The Hall–Kier alpha value is -5.11. The molecule has 1 N–H and O–H groups in total. The number of likely N-dealkylation sites (N-methyl/N-ethyl adjacent to an activating group) is 1. The van der Waals surface area contributed by atoms with Gasteiger partial charge in [-0.05, 0) is 42.7 Å². The maximum Gasteiger partial charge on any atom is 0.247 e. The number of hydrogen-bond acceptors (Lipinski definition) is 11. The average Bonchev–Trinajstić information content (AvgIpc) is 3.84. The summed E-state index contributed by atoms with van der Waals surface area (Å²) in [6.07, 6.45) is 3.50. The standard InChI is InChI=1S/C32H32ClN11O2/c1-40-9-10-41-11-12-42(19-27(41)31(40)45)26-14-21(15-34)13-25(28(26)33)37-32-38-30(29-36-17-23(16-35)44(29)39-32)43(22-5-6-22)18-20-3-7-24(46-2)8-4-20/h3-4,7-8,13-14,17,22,27H,5-6,9-12,18-19H2,1-2H3,(H,37,39). The molecule has 13 nitrogen and oxygen atoms in total. The highest BCUT2D eigenvalue weighted by molar-refractivity contribution is 6.36. The Morgan fingerprint density at radius 1 is 1.11 bits per heavy atom. The van der Waals surface area contributed by atoms with E-state index in [4.69, 9.17) is 21.3 Å². The number of fused-ring (bicyclic) bond motifs is 2. The van der Waals surface area contributed by atoms with Crippen LogP contribution in [0.3, 0.4) is 0 Å². The number of nitrogens with zero attached hydrogens (tertiary/aromatic N) is 10. The summed E-state index contributed by atoms with van der Waals surface area (Å²) in [6.45, 7) is 3.96. The summed E-state index contributed by atoms with van der Waals surface area (Å²) in [7, 11) is 3.47. The van der Waals surface area contributed by atoms with Gasteiger partial charge >= 0.3 is 0 Å². The fraction of sp³-hybridized carbons (Fsp3) is 0.375. The fourth-order valence-corrected chi connectivity index (χ4v) is 6.45. The molecular formula is C32H32ClN11O2. The average molecular weight is 638 g/mol. The number of carbonyl (C=O) groups excluding carboxylic acids is 1. The Kier molecular flexibility index (Phi) is 7.72. The van der Waals surface area contributed by atoms with Gasteiger partial charge in [0, 0.05) is 52.4 Å². The minimum Gasteiger partial charge on any atom is -0.497 e. The van der Waals surface area contributed by atoms with Crippen LogP contribution in [0.25, 0.3) is 5.65 Å². The molecule has 4 aromatic rings. The summed E-state index contributed by atoms with van der Waals surface area (Å²) >= 11 is 7.04. The molecule has 1 atom stereocenters. The van der Waals surface area contributed by atoms with E-state index < -0.39 is 0 Å². The van der Waals surface area contributed by atoms with E-state index in [0.29, 0.717) is 66.1 Å². The number of benzene rings is 2. The number of nitriles is 2. The van der Waals surface area contributed by atoms with Crippen LogP contribution in [-0.2, 0) is 11.3 Å². The Labute approximate surface area is 271 Å². The zero-order chi connectivity index (χ0) is 31.9. The van der Waals surface area contributed by atoms with Crippen LogP contribution in [0.4, 0.5) is 23.1 Å². The second-order valence-corrected chi connectivity index (χ2v) is 12.2. The summed E-state index contributed by atoms with van der Waals surface area (Å²) in [4.78, 5) is 30.6. The summed E-state index contributed by atoms with van der Waals surface area (Å²) in [5.74, 6) is 1.65. The number of imidazole rings is 1. The maximum absolute atomic E-state index is 13.0. The molecule has 46 heavy (non-hydrogen) atoms. The number of nitrogens with one attached hydrogen (secondary N) is 1. The summed E-state index contributed by atoms with van der Waals surface area (Å²) in [5.41, 5.74) is 3.31. The lowest BCUT2D eigenvalue weighted by molar-refractivity contribution is -0.140. The van der Waals surface area contributed by atoms with Crippen molar-refractivity contribution < 1.29 is 9.53 Å². The van der Waals surface area contributed by atoms with E-state index in [0.717, 1.165) is 30.7 Å². The van der Waals surface area contributed by atoms with Crippen molar-refractivity contribution in [2.75, 3.05) is 62.0 Å². The molecule has 7 rings (SSSR count). The number of halogens is 1. The Morgan fingerprint density at radius 3 is 2.61 bits per heavy atom. The number of rotatable bonds is 8. The number of methoxy groups -OCH3 is 1. The molecule has 234 valence electrons. The molecule has 1 amide bonds. The van der Waals surface area contributed by atoms with Gasteiger partial charge in [0.05, 0.1) is 41.3 Å². The molecule has 1 unspecified atom stereocenters. The number of anilines is 4. The van der Waals surface area contributed by atoms with Gasteiger partial charge in [-0.15, -0.1) is 5.10 Å². The summed E-state index contributed by atoms with van der Waals surface area (Å²) < 4.78 is 6.82. The molecule has 3 aliphatic rings. The molecule has 0 spiro atoms. The van der Waals surface area contributed by atoms with Crippen LogP contribution >= 0.6 is 11.6 Å². The van der Waals surface area contributed by atoms with Crippen LogP contribution in [0.2, 0.25) is 5.02 Å². The van der Waals surface area contributed by atoms with Gasteiger partial charge in [-0.3, -0.25) is 9.69 Å². The van der Waals surface area contributed by atoms with Gasteiger partial charge in [0.2, 0.25) is 11.9 Å². The highest BCUT2D eigenvalue weighted by atomic mass is 35.5. The van der Waals surface area contributed by atoms with E-state index in [2.05, 4.69) is 42.2 Å². The smallest absolute Gasteiger partial charge is 0.247 e. The first-order valence-electron chi connectivity index (χ1n) is 15.2. The van der Waals surface area contributed by atoms with Crippen molar-refractivity contribution in [1.29, 1.82) is 10.5 Å². The van der Waals surface area contributed by atoms with Crippen molar-refractivity contribution in [2.45, 2.75) is 31.5 Å². The van der Waals surface area contributed by atoms with Crippen LogP contribution < -0.4 is 19.9 Å². The predicted octanol–water partition coefficient (Wildman–Crippen LogP) is 3.40. The number of amides is 1. The van der Waals surface area contributed by atoms with Gasteiger partial charge in [-0.1, -0.05) is 23.7 Å². The van der Waals surface area contributed by atoms with Crippen molar-refractivity contribution in [2.24, 2.45) is 0 Å². The van der Waals surface area contributed by atoms with Crippen molar-refractivity contribution in [1.82, 2.24) is 29.4 Å².